The molecule has 1 heterocycles. The highest BCUT2D eigenvalue weighted by Gasteiger charge is 2.22. The van der Waals surface area contributed by atoms with Gasteiger partial charge >= 0.3 is 5.97 Å². The average Bonchev–Trinajstić information content (AvgIpc) is 2.83. The first-order valence-corrected chi connectivity index (χ1v) is 7.44. The standard InChI is InChI=1S/C17H24N2O2/c1-18(13-16-8-5-11-19(16)2)12-15-7-4-3-6-14(15)9-10-17(20)21/h3-4,6-7,9-10,16H,5,8,11-13H2,1-2H3,(H,20,21). The summed E-state index contributed by atoms with van der Waals surface area (Å²) in [6, 6.07) is 8.61. The molecule has 1 atom stereocenters. The molecule has 21 heavy (non-hydrogen) atoms. The molecule has 1 fully saturated rings. The van der Waals surface area contributed by atoms with E-state index in [2.05, 4.69) is 30.0 Å². The largest absolute Gasteiger partial charge is 0.478 e. The van der Waals surface area contributed by atoms with Crippen LogP contribution in [-0.2, 0) is 11.3 Å². The van der Waals surface area contributed by atoms with E-state index >= 15 is 0 Å². The average molecular weight is 288 g/mol. The van der Waals surface area contributed by atoms with Crippen LogP contribution < -0.4 is 0 Å². The summed E-state index contributed by atoms with van der Waals surface area (Å²) < 4.78 is 0. The molecule has 2 rings (SSSR count). The van der Waals surface area contributed by atoms with Crippen LogP contribution in [0, 0.1) is 0 Å². The fourth-order valence-corrected chi connectivity index (χ4v) is 2.93. The first kappa shape index (κ1) is 15.7. The molecule has 1 saturated heterocycles. The lowest BCUT2D eigenvalue weighted by molar-refractivity contribution is -0.131. The monoisotopic (exact) mass is 288 g/mol. The van der Waals surface area contributed by atoms with Gasteiger partial charge in [-0.15, -0.1) is 0 Å². The molecule has 114 valence electrons. The van der Waals surface area contributed by atoms with Crippen molar-refractivity contribution in [2.45, 2.75) is 25.4 Å². The van der Waals surface area contributed by atoms with Crippen molar-refractivity contribution in [2.24, 2.45) is 0 Å². The van der Waals surface area contributed by atoms with Crippen LogP contribution in [0.2, 0.25) is 0 Å². The minimum absolute atomic E-state index is 0.636. The second kappa shape index (κ2) is 7.38. The third-order valence-corrected chi connectivity index (χ3v) is 4.09. The number of likely N-dealkylation sites (N-methyl/N-ethyl adjacent to an activating group) is 2. The maximum atomic E-state index is 10.7. The molecule has 0 aromatic heterocycles. The van der Waals surface area contributed by atoms with Gasteiger partial charge in [-0.1, -0.05) is 24.3 Å². The summed E-state index contributed by atoms with van der Waals surface area (Å²) in [5.74, 6) is -0.911. The van der Waals surface area contributed by atoms with Crippen molar-refractivity contribution in [2.75, 3.05) is 27.2 Å². The molecule has 1 N–H and O–H groups in total. The van der Waals surface area contributed by atoms with Gasteiger partial charge in [-0.3, -0.25) is 0 Å². The highest BCUT2D eigenvalue weighted by Crippen LogP contribution is 2.18. The van der Waals surface area contributed by atoms with E-state index in [0.29, 0.717) is 6.04 Å². The van der Waals surface area contributed by atoms with Gasteiger partial charge in [0, 0.05) is 25.2 Å². The summed E-state index contributed by atoms with van der Waals surface area (Å²) in [6.45, 7) is 3.08. The summed E-state index contributed by atoms with van der Waals surface area (Å²) in [4.78, 5) is 15.4. The number of nitrogens with zero attached hydrogens (tertiary/aromatic N) is 2. The Morgan fingerprint density at radius 3 is 2.90 bits per heavy atom. The van der Waals surface area contributed by atoms with Crippen LogP contribution in [0.5, 0.6) is 0 Å². The smallest absolute Gasteiger partial charge is 0.328 e. The van der Waals surface area contributed by atoms with E-state index in [-0.39, 0.29) is 0 Å². The molecule has 1 aromatic rings. The number of benzene rings is 1. The number of rotatable bonds is 6. The van der Waals surface area contributed by atoms with E-state index in [9.17, 15) is 4.79 Å². The first-order valence-electron chi connectivity index (χ1n) is 7.44. The van der Waals surface area contributed by atoms with E-state index in [4.69, 9.17) is 5.11 Å². The van der Waals surface area contributed by atoms with Gasteiger partial charge in [0.05, 0.1) is 0 Å². The van der Waals surface area contributed by atoms with E-state index < -0.39 is 5.97 Å². The van der Waals surface area contributed by atoms with Gasteiger partial charge in [0.1, 0.15) is 0 Å². The van der Waals surface area contributed by atoms with Gasteiger partial charge in [-0.25, -0.2) is 4.79 Å². The van der Waals surface area contributed by atoms with Gasteiger partial charge in [-0.2, -0.15) is 0 Å². The van der Waals surface area contributed by atoms with Crippen molar-refractivity contribution in [3.8, 4) is 0 Å². The molecule has 1 aliphatic rings. The first-order chi connectivity index (χ1) is 10.1. The molecular weight excluding hydrogens is 264 g/mol. The summed E-state index contributed by atoms with van der Waals surface area (Å²) >= 11 is 0. The lowest BCUT2D eigenvalue weighted by Gasteiger charge is -2.26. The molecule has 1 unspecified atom stereocenters. The zero-order valence-electron chi connectivity index (χ0n) is 12.8. The molecular formula is C17H24N2O2. The van der Waals surface area contributed by atoms with Gasteiger partial charge in [0.25, 0.3) is 0 Å². The topological polar surface area (TPSA) is 43.8 Å². The zero-order valence-corrected chi connectivity index (χ0v) is 12.8. The Morgan fingerprint density at radius 1 is 1.48 bits per heavy atom. The van der Waals surface area contributed by atoms with E-state index in [1.807, 2.05) is 18.2 Å². The minimum Gasteiger partial charge on any atom is -0.478 e. The molecule has 0 spiro atoms. The number of hydrogen-bond acceptors (Lipinski definition) is 3. The van der Waals surface area contributed by atoms with Crippen molar-refractivity contribution in [1.29, 1.82) is 0 Å². The van der Waals surface area contributed by atoms with Crippen molar-refractivity contribution < 1.29 is 9.90 Å². The lowest BCUT2D eigenvalue weighted by Crippen LogP contribution is -2.36. The van der Waals surface area contributed by atoms with Crippen molar-refractivity contribution in [3.05, 3.63) is 41.5 Å². The molecule has 4 heteroatoms. The molecule has 0 amide bonds. The third-order valence-electron chi connectivity index (χ3n) is 4.09. The Balaban J connectivity index is 2.00. The number of likely N-dealkylation sites (tertiary alicyclic amines) is 1. The summed E-state index contributed by atoms with van der Waals surface area (Å²) in [6.07, 6.45) is 5.42. The summed E-state index contributed by atoms with van der Waals surface area (Å²) in [7, 11) is 4.32. The zero-order chi connectivity index (χ0) is 15.2. The number of hydrogen-bond donors (Lipinski definition) is 1. The van der Waals surface area contributed by atoms with Crippen LogP contribution in [0.15, 0.2) is 30.3 Å². The van der Waals surface area contributed by atoms with Crippen molar-refractivity contribution >= 4 is 12.0 Å². The third kappa shape index (κ3) is 4.69. The molecule has 0 radical (unpaired) electrons. The van der Waals surface area contributed by atoms with Crippen LogP contribution in [0.3, 0.4) is 0 Å². The highest BCUT2D eigenvalue weighted by molar-refractivity contribution is 5.85. The Morgan fingerprint density at radius 2 is 2.24 bits per heavy atom. The van der Waals surface area contributed by atoms with Crippen LogP contribution in [0.25, 0.3) is 6.08 Å². The Labute approximate surface area is 126 Å². The number of carboxylic acids is 1. The van der Waals surface area contributed by atoms with Gasteiger partial charge in [0.15, 0.2) is 0 Å². The van der Waals surface area contributed by atoms with Crippen LogP contribution >= 0.6 is 0 Å². The number of aliphatic carboxylic acids is 1. The molecule has 1 aliphatic heterocycles. The Bertz CT molecular complexity index is 513. The molecule has 1 aromatic carbocycles. The molecule has 0 saturated carbocycles. The van der Waals surface area contributed by atoms with E-state index in [1.165, 1.54) is 25.5 Å². The SMILES string of the molecule is CN(Cc1ccccc1C=CC(=O)O)CC1CCCN1C. The van der Waals surface area contributed by atoms with Crippen molar-refractivity contribution in [3.63, 3.8) is 0 Å². The van der Waals surface area contributed by atoms with Gasteiger partial charge in [0.2, 0.25) is 0 Å². The highest BCUT2D eigenvalue weighted by atomic mass is 16.4. The second-order valence-corrected chi connectivity index (χ2v) is 5.84. The fourth-order valence-electron chi connectivity index (χ4n) is 2.93. The second-order valence-electron chi connectivity index (χ2n) is 5.84. The van der Waals surface area contributed by atoms with Crippen LogP contribution in [0.1, 0.15) is 24.0 Å². The summed E-state index contributed by atoms with van der Waals surface area (Å²) in [5, 5.41) is 8.76. The molecule has 0 bridgehead atoms. The van der Waals surface area contributed by atoms with Crippen LogP contribution in [0.4, 0.5) is 0 Å². The molecule has 4 nitrogen and oxygen atoms in total. The summed E-state index contributed by atoms with van der Waals surface area (Å²) in [5.41, 5.74) is 2.14. The normalized spacial score (nSPS) is 19.7. The predicted molar refractivity (Wildman–Crippen MR) is 85.1 cm³/mol. The Hall–Kier alpha value is -1.65. The quantitative estimate of drug-likeness (QED) is 0.816. The minimum atomic E-state index is -0.911. The maximum Gasteiger partial charge on any atom is 0.328 e. The van der Waals surface area contributed by atoms with E-state index in [0.717, 1.165) is 24.2 Å². The lowest BCUT2D eigenvalue weighted by atomic mass is 10.1. The number of carboxylic acid groups (broad SMARTS) is 1. The Kier molecular flexibility index (Phi) is 5.53. The predicted octanol–water partition coefficient (Wildman–Crippen LogP) is 2.31. The maximum absolute atomic E-state index is 10.7. The van der Waals surface area contributed by atoms with E-state index in [1.54, 1.807) is 6.08 Å². The van der Waals surface area contributed by atoms with Crippen LogP contribution in [-0.4, -0.2) is 54.1 Å². The fraction of sp³-hybridized carbons (Fsp3) is 0.471. The molecule has 0 aliphatic carbocycles. The van der Waals surface area contributed by atoms with Gasteiger partial charge in [-0.05, 0) is 50.7 Å². The van der Waals surface area contributed by atoms with Gasteiger partial charge < -0.3 is 14.9 Å². The van der Waals surface area contributed by atoms with Crippen molar-refractivity contribution in [1.82, 2.24) is 9.80 Å². The number of carbonyl (C=O) groups is 1.